The fourth-order valence-electron chi connectivity index (χ4n) is 1.29. The van der Waals surface area contributed by atoms with E-state index in [4.69, 9.17) is 9.84 Å². The van der Waals surface area contributed by atoms with Gasteiger partial charge >= 0.3 is 5.97 Å². The predicted octanol–water partition coefficient (Wildman–Crippen LogP) is 3.12. The molecule has 0 heterocycles. The number of aryl methyl sites for hydroxylation is 1. The van der Waals surface area contributed by atoms with E-state index in [1.165, 1.54) is 0 Å². The van der Waals surface area contributed by atoms with Gasteiger partial charge in [-0.15, -0.1) is 0 Å². The topological polar surface area (TPSA) is 46.5 Å². The molecule has 1 N–H and O–H groups in total. The summed E-state index contributed by atoms with van der Waals surface area (Å²) in [4.78, 5) is 10.8. The lowest BCUT2D eigenvalue weighted by Crippen LogP contribution is -2.04. The number of ether oxygens (including phenoxy) is 1. The number of hydrogen-bond acceptors (Lipinski definition) is 2. The largest absolute Gasteiger partial charge is 0.493 e. The number of hydrogen-bond donors (Lipinski definition) is 1. The molecule has 0 aromatic heterocycles. The van der Waals surface area contributed by atoms with E-state index in [1.54, 1.807) is 18.2 Å². The number of benzene rings is 1. The molecule has 0 bridgehead atoms. The van der Waals surface area contributed by atoms with Crippen LogP contribution in [0.25, 0.3) is 0 Å². The highest BCUT2D eigenvalue weighted by Crippen LogP contribution is 2.20. The van der Waals surface area contributed by atoms with Crippen LogP contribution in [0, 0.1) is 12.8 Å². The maximum atomic E-state index is 10.8. The average molecular weight is 222 g/mol. The third kappa shape index (κ3) is 3.57. The van der Waals surface area contributed by atoms with Gasteiger partial charge in [-0.25, -0.2) is 4.79 Å². The quantitative estimate of drug-likeness (QED) is 0.832. The summed E-state index contributed by atoms with van der Waals surface area (Å²) in [6.07, 6.45) is 0.969. The number of rotatable bonds is 5. The van der Waals surface area contributed by atoms with E-state index in [2.05, 4.69) is 13.8 Å². The minimum Gasteiger partial charge on any atom is -0.493 e. The highest BCUT2D eigenvalue weighted by atomic mass is 16.5. The number of aromatic carboxylic acids is 1. The smallest absolute Gasteiger partial charge is 0.335 e. The second-order valence-corrected chi connectivity index (χ2v) is 4.32. The summed E-state index contributed by atoms with van der Waals surface area (Å²) < 4.78 is 5.58. The molecule has 0 radical (unpaired) electrons. The third-order valence-electron chi connectivity index (χ3n) is 2.39. The molecular weight excluding hydrogens is 204 g/mol. The molecule has 1 aromatic rings. The van der Waals surface area contributed by atoms with Crippen molar-refractivity contribution in [2.24, 2.45) is 5.92 Å². The molecule has 88 valence electrons. The Balaban J connectivity index is 2.70. The molecule has 1 rings (SSSR count). The van der Waals surface area contributed by atoms with Crippen molar-refractivity contribution in [3.05, 3.63) is 29.3 Å². The van der Waals surface area contributed by atoms with Gasteiger partial charge in [0.05, 0.1) is 12.2 Å². The van der Waals surface area contributed by atoms with Crippen LogP contribution in [-0.2, 0) is 0 Å². The minimum atomic E-state index is -0.922. The van der Waals surface area contributed by atoms with E-state index < -0.39 is 5.97 Å². The van der Waals surface area contributed by atoms with Crippen molar-refractivity contribution in [1.82, 2.24) is 0 Å². The summed E-state index contributed by atoms with van der Waals surface area (Å²) in [5, 5.41) is 8.86. The molecule has 0 unspecified atom stereocenters. The van der Waals surface area contributed by atoms with Crippen LogP contribution in [0.5, 0.6) is 5.75 Å². The highest BCUT2D eigenvalue weighted by molar-refractivity contribution is 5.88. The zero-order chi connectivity index (χ0) is 12.1. The van der Waals surface area contributed by atoms with E-state index >= 15 is 0 Å². The second kappa shape index (κ2) is 5.54. The molecule has 16 heavy (non-hydrogen) atoms. The Bertz CT molecular complexity index is 369. The molecule has 0 atom stereocenters. The highest BCUT2D eigenvalue weighted by Gasteiger charge is 2.07. The number of carbonyl (C=O) groups is 1. The maximum absolute atomic E-state index is 10.8. The van der Waals surface area contributed by atoms with Crippen LogP contribution in [0.3, 0.4) is 0 Å². The summed E-state index contributed by atoms with van der Waals surface area (Å²) in [5.74, 6) is 0.331. The lowest BCUT2D eigenvalue weighted by molar-refractivity contribution is 0.0696. The van der Waals surface area contributed by atoms with Gasteiger partial charge < -0.3 is 9.84 Å². The molecule has 3 nitrogen and oxygen atoms in total. The van der Waals surface area contributed by atoms with Crippen molar-refractivity contribution >= 4 is 5.97 Å². The SMILES string of the molecule is Cc1ccc(C(=O)O)cc1OCCC(C)C. The Hall–Kier alpha value is -1.51. The normalized spacial score (nSPS) is 10.5. The molecular formula is C13H18O3. The summed E-state index contributed by atoms with van der Waals surface area (Å²) in [6, 6.07) is 4.94. The summed E-state index contributed by atoms with van der Waals surface area (Å²) >= 11 is 0. The van der Waals surface area contributed by atoms with Crippen molar-refractivity contribution in [3.63, 3.8) is 0 Å². The van der Waals surface area contributed by atoms with E-state index in [9.17, 15) is 4.79 Å². The van der Waals surface area contributed by atoms with Crippen LogP contribution in [-0.4, -0.2) is 17.7 Å². The van der Waals surface area contributed by atoms with Crippen molar-refractivity contribution in [2.75, 3.05) is 6.61 Å². The molecule has 0 aliphatic heterocycles. The van der Waals surface area contributed by atoms with Crippen LogP contribution >= 0.6 is 0 Å². The molecule has 0 saturated carbocycles. The van der Waals surface area contributed by atoms with Crippen LogP contribution < -0.4 is 4.74 Å². The fourth-order valence-corrected chi connectivity index (χ4v) is 1.29. The molecule has 0 aliphatic rings. The van der Waals surface area contributed by atoms with Gasteiger partial charge in [0.25, 0.3) is 0 Å². The van der Waals surface area contributed by atoms with Gasteiger partial charge in [0.2, 0.25) is 0 Å². The zero-order valence-corrected chi connectivity index (χ0v) is 9.99. The first-order chi connectivity index (χ1) is 7.50. The van der Waals surface area contributed by atoms with Crippen molar-refractivity contribution in [2.45, 2.75) is 27.2 Å². The average Bonchev–Trinajstić information content (AvgIpc) is 2.20. The molecule has 3 heteroatoms. The van der Waals surface area contributed by atoms with Crippen LogP contribution in [0.4, 0.5) is 0 Å². The zero-order valence-electron chi connectivity index (χ0n) is 9.99. The number of carboxylic acid groups (broad SMARTS) is 1. The Morgan fingerprint density at radius 1 is 1.44 bits per heavy atom. The van der Waals surface area contributed by atoms with Gasteiger partial charge in [0.15, 0.2) is 0 Å². The van der Waals surface area contributed by atoms with Gasteiger partial charge in [0.1, 0.15) is 5.75 Å². The van der Waals surface area contributed by atoms with Crippen molar-refractivity contribution < 1.29 is 14.6 Å². The molecule has 0 fully saturated rings. The monoisotopic (exact) mass is 222 g/mol. The maximum Gasteiger partial charge on any atom is 0.335 e. The van der Waals surface area contributed by atoms with Gasteiger partial charge in [-0.2, -0.15) is 0 Å². The number of carboxylic acids is 1. The van der Waals surface area contributed by atoms with Gasteiger partial charge in [-0.05, 0) is 37.0 Å². The Kier molecular flexibility index (Phi) is 4.35. The van der Waals surface area contributed by atoms with Gasteiger partial charge in [-0.3, -0.25) is 0 Å². The van der Waals surface area contributed by atoms with Crippen molar-refractivity contribution in [1.29, 1.82) is 0 Å². The standard InChI is InChI=1S/C13H18O3/c1-9(2)6-7-16-12-8-11(13(14)15)5-4-10(12)3/h4-5,8-9H,6-7H2,1-3H3,(H,14,15). The first kappa shape index (κ1) is 12.6. The first-order valence-electron chi connectivity index (χ1n) is 5.47. The second-order valence-electron chi connectivity index (χ2n) is 4.32. The molecule has 1 aromatic carbocycles. The Morgan fingerprint density at radius 3 is 2.69 bits per heavy atom. The van der Waals surface area contributed by atoms with E-state index in [-0.39, 0.29) is 5.56 Å². The first-order valence-corrected chi connectivity index (χ1v) is 5.47. The molecule has 0 amide bonds. The molecule has 0 aliphatic carbocycles. The van der Waals surface area contributed by atoms with E-state index in [1.807, 2.05) is 6.92 Å². The predicted molar refractivity (Wildman–Crippen MR) is 63.1 cm³/mol. The fraction of sp³-hybridized carbons (Fsp3) is 0.462. The van der Waals surface area contributed by atoms with E-state index in [0.717, 1.165) is 12.0 Å². The van der Waals surface area contributed by atoms with Crippen LogP contribution in [0.2, 0.25) is 0 Å². The molecule has 0 saturated heterocycles. The van der Waals surface area contributed by atoms with Gasteiger partial charge in [0, 0.05) is 0 Å². The van der Waals surface area contributed by atoms with Crippen LogP contribution in [0.1, 0.15) is 36.2 Å². The summed E-state index contributed by atoms with van der Waals surface area (Å²) in [5.41, 5.74) is 1.24. The van der Waals surface area contributed by atoms with Crippen molar-refractivity contribution in [3.8, 4) is 5.75 Å². The Labute approximate surface area is 96.1 Å². The third-order valence-corrected chi connectivity index (χ3v) is 2.39. The summed E-state index contributed by atoms with van der Waals surface area (Å²) in [7, 11) is 0. The van der Waals surface area contributed by atoms with Crippen LogP contribution in [0.15, 0.2) is 18.2 Å². The summed E-state index contributed by atoms with van der Waals surface area (Å²) in [6.45, 7) is 6.80. The lowest BCUT2D eigenvalue weighted by atomic mass is 10.1. The van der Waals surface area contributed by atoms with E-state index in [0.29, 0.717) is 18.3 Å². The van der Waals surface area contributed by atoms with Gasteiger partial charge in [-0.1, -0.05) is 19.9 Å². The lowest BCUT2D eigenvalue weighted by Gasteiger charge is -2.11. The Morgan fingerprint density at radius 2 is 2.12 bits per heavy atom. The molecule has 0 spiro atoms. The minimum absolute atomic E-state index is 0.269.